The molecule has 1 aliphatic rings. The molecule has 0 aliphatic carbocycles. The van der Waals surface area contributed by atoms with Crippen molar-refractivity contribution >= 4 is 17.9 Å². The van der Waals surface area contributed by atoms with E-state index in [4.69, 9.17) is 23.7 Å². The van der Waals surface area contributed by atoms with Gasteiger partial charge in [0.1, 0.15) is 6.10 Å². The van der Waals surface area contributed by atoms with Gasteiger partial charge in [-0.25, -0.2) is 0 Å². The van der Waals surface area contributed by atoms with E-state index in [1.807, 2.05) is 6.92 Å². The Morgan fingerprint density at radius 1 is 0.371 bits per heavy atom. The molecule has 11 nitrogen and oxygen atoms in total. The number of esters is 3. The monoisotopic (exact) mass is 994 g/mol. The third kappa shape index (κ3) is 37.0. The number of nitrogens with zero attached hydrogens (tertiary/aromatic N) is 3. The number of ether oxygens (including phenoxy) is 5. The summed E-state index contributed by atoms with van der Waals surface area (Å²) in [5.74, 6) is -1.66. The highest BCUT2D eigenvalue weighted by Crippen LogP contribution is 2.31. The van der Waals surface area contributed by atoms with Crippen LogP contribution in [-0.2, 0) is 38.1 Å². The molecule has 5 atom stereocenters. The van der Waals surface area contributed by atoms with Crippen molar-refractivity contribution in [2.75, 3.05) is 66.0 Å². The molecule has 0 saturated carbocycles. The fraction of sp³-hybridized carbons (Fsp3) is 0.949. The first-order valence-electron chi connectivity index (χ1n) is 30.0. The molecule has 0 aromatic heterocycles. The van der Waals surface area contributed by atoms with Gasteiger partial charge in [-0.05, 0) is 97.8 Å². The zero-order valence-corrected chi connectivity index (χ0v) is 47.4. The van der Waals surface area contributed by atoms with Crippen LogP contribution >= 0.6 is 0 Å². The summed E-state index contributed by atoms with van der Waals surface area (Å²) in [6.45, 7) is 22.0. The molecule has 70 heavy (non-hydrogen) atoms. The summed E-state index contributed by atoms with van der Waals surface area (Å²) >= 11 is 0. The Bertz CT molecular complexity index is 1190. The first-order valence-corrected chi connectivity index (χ1v) is 30.0. The molecule has 1 rings (SSSR count). The Labute approximate surface area is 432 Å². The van der Waals surface area contributed by atoms with Gasteiger partial charge in [0, 0.05) is 27.3 Å². The van der Waals surface area contributed by atoms with Crippen LogP contribution in [0.5, 0.6) is 0 Å². The third-order valence-corrected chi connectivity index (χ3v) is 14.3. The van der Waals surface area contributed by atoms with Crippen LogP contribution in [0.1, 0.15) is 267 Å². The van der Waals surface area contributed by atoms with E-state index in [1.54, 1.807) is 0 Å². The fourth-order valence-electron chi connectivity index (χ4n) is 10.2. The molecule has 1 fully saturated rings. The largest absolute Gasteiger partial charge is 0.456 e. The van der Waals surface area contributed by atoms with Gasteiger partial charge >= 0.3 is 17.9 Å². The van der Waals surface area contributed by atoms with E-state index in [0.717, 1.165) is 45.6 Å². The fourth-order valence-corrected chi connectivity index (χ4v) is 10.2. The zero-order chi connectivity index (χ0) is 51.3. The van der Waals surface area contributed by atoms with Crippen molar-refractivity contribution < 1.29 is 38.1 Å². The second-order valence-corrected chi connectivity index (χ2v) is 21.1. The maximum Gasteiger partial charge on any atom is 0.303 e. The van der Waals surface area contributed by atoms with Crippen molar-refractivity contribution in [3.8, 4) is 0 Å². The van der Waals surface area contributed by atoms with Crippen LogP contribution in [0.4, 0.5) is 0 Å². The summed E-state index contributed by atoms with van der Waals surface area (Å²) < 4.78 is 29.4. The van der Waals surface area contributed by atoms with Gasteiger partial charge in [0.15, 0.2) is 24.6 Å². The van der Waals surface area contributed by atoms with Crippen LogP contribution in [-0.4, -0.2) is 129 Å². The first kappa shape index (κ1) is 66.2. The first-order chi connectivity index (χ1) is 34.1. The van der Waals surface area contributed by atoms with E-state index in [1.165, 1.54) is 239 Å². The van der Waals surface area contributed by atoms with Gasteiger partial charge in [-0.15, -0.1) is 0 Å². The molecule has 0 aromatic rings. The van der Waals surface area contributed by atoms with Gasteiger partial charge in [-0.2, -0.15) is 0 Å². The quantitative estimate of drug-likeness (QED) is 0.0330. The number of carbonyl (C=O) groups excluding carboxylic acids is 3. The molecule has 5 unspecified atom stereocenters. The highest BCUT2D eigenvalue weighted by Gasteiger charge is 2.51. The summed E-state index contributed by atoms with van der Waals surface area (Å²) in [7, 11) is 2.30. The summed E-state index contributed by atoms with van der Waals surface area (Å²) in [5.41, 5.74) is 0. The number of unbranched alkanes of at least 4 members (excludes halogenated alkanes) is 27. The molecule has 0 radical (unpaired) electrons. The van der Waals surface area contributed by atoms with E-state index in [9.17, 15) is 14.4 Å². The molecule has 0 N–H and O–H groups in total. The van der Waals surface area contributed by atoms with E-state index in [0.29, 0.717) is 13.0 Å². The van der Waals surface area contributed by atoms with Gasteiger partial charge in [0.2, 0.25) is 0 Å². The van der Waals surface area contributed by atoms with Crippen molar-refractivity contribution in [1.82, 2.24) is 14.7 Å². The average Bonchev–Trinajstić information content (AvgIpc) is 3.32. The minimum atomic E-state index is -1.07. The van der Waals surface area contributed by atoms with Gasteiger partial charge in [0.25, 0.3) is 0 Å². The number of rotatable bonds is 50. The maximum atomic E-state index is 12.3. The second-order valence-electron chi connectivity index (χ2n) is 21.1. The highest BCUT2D eigenvalue weighted by molar-refractivity contribution is 5.68. The van der Waals surface area contributed by atoms with Crippen molar-refractivity contribution in [1.29, 1.82) is 0 Å². The third-order valence-electron chi connectivity index (χ3n) is 14.3. The Kier molecular flexibility index (Phi) is 44.4. The van der Waals surface area contributed by atoms with Gasteiger partial charge in [-0.1, -0.05) is 201 Å². The molecular weight excluding hydrogens is 879 g/mol. The number of hydrogen-bond donors (Lipinski definition) is 0. The summed E-state index contributed by atoms with van der Waals surface area (Å²) in [4.78, 5) is 44.5. The van der Waals surface area contributed by atoms with Crippen molar-refractivity contribution in [2.24, 2.45) is 0 Å². The minimum absolute atomic E-state index is 0.382. The lowest BCUT2D eigenvalue weighted by Crippen LogP contribution is -2.61. The maximum absolute atomic E-state index is 12.3. The minimum Gasteiger partial charge on any atom is -0.456 e. The van der Waals surface area contributed by atoms with Gasteiger partial charge in [-0.3, -0.25) is 14.4 Å². The van der Waals surface area contributed by atoms with Crippen molar-refractivity contribution in [3.05, 3.63) is 0 Å². The van der Waals surface area contributed by atoms with E-state index < -0.39 is 48.6 Å². The molecule has 11 heteroatoms. The number of hydrogen-bond acceptors (Lipinski definition) is 11. The normalized spacial score (nSPS) is 18.3. The number of carbonyl (C=O) groups is 3. The Morgan fingerprint density at radius 3 is 1.01 bits per heavy atom. The predicted octanol–water partition coefficient (Wildman–Crippen LogP) is 14.4. The highest BCUT2D eigenvalue weighted by atomic mass is 16.7. The second kappa shape index (κ2) is 47.0. The van der Waals surface area contributed by atoms with Crippen molar-refractivity contribution in [3.63, 3.8) is 0 Å². The molecule has 0 aromatic carbocycles. The standard InChI is InChI=1S/C59H115N3O8/c1-9-13-16-19-22-25-28-31-34-37-45-61(46-38-35-32-29-26-23-20-17-14-10-2)48-40-43-60(8)44-41-49-62(47-39-36-33-30-27-24-21-18-15-11-3)50-42-51-66-59-58(69-54(7)65)57(68-53(6)64)56(67-52(5)63)55(12-4)70-59/h55-59H,9-51H2,1-8H3. The zero-order valence-electron chi connectivity index (χ0n) is 47.4. The molecule has 1 aliphatic heterocycles. The van der Waals surface area contributed by atoms with Gasteiger partial charge in [0.05, 0.1) is 6.61 Å². The summed E-state index contributed by atoms with van der Waals surface area (Å²) in [6, 6.07) is 0. The Morgan fingerprint density at radius 2 is 0.671 bits per heavy atom. The molecular formula is C59H115N3O8. The van der Waals surface area contributed by atoms with E-state index in [-0.39, 0.29) is 0 Å². The molecule has 1 heterocycles. The predicted molar refractivity (Wildman–Crippen MR) is 291 cm³/mol. The van der Waals surface area contributed by atoms with Crippen molar-refractivity contribution in [2.45, 2.75) is 297 Å². The Balaban J connectivity index is 2.76. The topological polar surface area (TPSA) is 107 Å². The SMILES string of the molecule is CCCCCCCCCCCCN(CCCCCCCCCCCC)CCCN(C)CCCN(CCCCCCCCCCCC)CCCOC1OC(CC)C(OC(C)=O)C(OC(C)=O)C1OC(C)=O. The lowest BCUT2D eigenvalue weighted by Gasteiger charge is -2.44. The molecule has 0 bridgehead atoms. The van der Waals surface area contributed by atoms with Gasteiger partial charge < -0.3 is 38.4 Å². The van der Waals surface area contributed by atoms with Crippen LogP contribution in [0.25, 0.3) is 0 Å². The molecule has 414 valence electrons. The van der Waals surface area contributed by atoms with Crippen LogP contribution in [0.15, 0.2) is 0 Å². The molecule has 0 spiro atoms. The van der Waals surface area contributed by atoms with Crippen LogP contribution < -0.4 is 0 Å². The Hall–Kier alpha value is -1.79. The molecule has 0 amide bonds. The average molecular weight is 995 g/mol. The van der Waals surface area contributed by atoms with Crippen LogP contribution in [0.3, 0.4) is 0 Å². The molecule has 1 saturated heterocycles. The lowest BCUT2D eigenvalue weighted by atomic mass is 9.96. The summed E-state index contributed by atoms with van der Waals surface area (Å²) in [5, 5.41) is 0. The smallest absolute Gasteiger partial charge is 0.303 e. The van der Waals surface area contributed by atoms with Crippen LogP contribution in [0.2, 0.25) is 0 Å². The van der Waals surface area contributed by atoms with Crippen LogP contribution in [0, 0.1) is 0 Å². The lowest BCUT2D eigenvalue weighted by molar-refractivity contribution is -0.304. The van der Waals surface area contributed by atoms with E-state index in [2.05, 4.69) is 42.5 Å². The van der Waals surface area contributed by atoms with E-state index >= 15 is 0 Å². The summed E-state index contributed by atoms with van der Waals surface area (Å²) in [6.07, 6.45) is 40.1.